The van der Waals surface area contributed by atoms with Gasteiger partial charge in [-0.05, 0) is 43.1 Å². The molecule has 0 saturated carbocycles. The van der Waals surface area contributed by atoms with E-state index in [1.165, 1.54) is 11.1 Å². The fraction of sp³-hybridized carbons (Fsp3) is 0.333. The fourth-order valence-corrected chi connectivity index (χ4v) is 2.14. The number of pyridine rings is 2. The highest BCUT2D eigenvalue weighted by atomic mass is 15.2. The van der Waals surface area contributed by atoms with Crippen LogP contribution in [0.3, 0.4) is 0 Å². The summed E-state index contributed by atoms with van der Waals surface area (Å²) in [5.41, 5.74) is 8.96. The van der Waals surface area contributed by atoms with E-state index >= 15 is 0 Å². The smallest absolute Gasteiger partial charge is 0.131 e. The molecule has 0 spiro atoms. The number of aromatic nitrogens is 2. The van der Waals surface area contributed by atoms with Crippen molar-refractivity contribution in [3.63, 3.8) is 0 Å². The number of nitrogens with two attached hydrogens (primary N) is 1. The summed E-state index contributed by atoms with van der Waals surface area (Å²) in [5, 5.41) is 0. The molecule has 2 aromatic heterocycles. The summed E-state index contributed by atoms with van der Waals surface area (Å²) < 4.78 is 0. The molecule has 2 rings (SSSR count). The minimum Gasteiger partial charge on any atom is -0.354 e. The maximum Gasteiger partial charge on any atom is 0.131 e. The van der Waals surface area contributed by atoms with Crippen LogP contribution in [-0.4, -0.2) is 23.6 Å². The summed E-state index contributed by atoms with van der Waals surface area (Å²) in [6.07, 6.45) is 4.59. The zero-order chi connectivity index (χ0) is 13.7. The first-order valence-corrected chi connectivity index (χ1v) is 6.47. The van der Waals surface area contributed by atoms with E-state index in [0.717, 1.165) is 24.5 Å². The van der Waals surface area contributed by atoms with Crippen molar-refractivity contribution in [2.24, 2.45) is 5.73 Å². The Morgan fingerprint density at radius 2 is 2.11 bits per heavy atom. The zero-order valence-electron chi connectivity index (χ0n) is 11.5. The second-order valence-electron chi connectivity index (χ2n) is 4.70. The van der Waals surface area contributed by atoms with Crippen LogP contribution >= 0.6 is 0 Å². The lowest BCUT2D eigenvalue weighted by molar-refractivity contribution is 0.855. The van der Waals surface area contributed by atoms with Crippen LogP contribution in [0.15, 0.2) is 36.7 Å². The molecule has 2 N–H and O–H groups in total. The maximum atomic E-state index is 5.56. The van der Waals surface area contributed by atoms with Crippen LogP contribution in [0, 0.1) is 6.92 Å². The van der Waals surface area contributed by atoms with E-state index in [1.54, 1.807) is 0 Å². The summed E-state index contributed by atoms with van der Waals surface area (Å²) in [4.78, 5) is 11.0. The lowest BCUT2D eigenvalue weighted by atomic mass is 10.1. The third-order valence-corrected chi connectivity index (χ3v) is 3.03. The molecule has 4 nitrogen and oxygen atoms in total. The molecule has 0 atom stereocenters. The van der Waals surface area contributed by atoms with Crippen molar-refractivity contribution in [2.75, 3.05) is 18.5 Å². The Morgan fingerprint density at radius 1 is 1.26 bits per heavy atom. The minimum absolute atomic E-state index is 0.657. The van der Waals surface area contributed by atoms with Crippen LogP contribution in [0.25, 0.3) is 0 Å². The second kappa shape index (κ2) is 6.29. The van der Waals surface area contributed by atoms with Crippen LogP contribution in [0.1, 0.15) is 16.8 Å². The van der Waals surface area contributed by atoms with Gasteiger partial charge in [-0.1, -0.05) is 12.1 Å². The molecular formula is C15H20N4. The van der Waals surface area contributed by atoms with Crippen molar-refractivity contribution < 1.29 is 0 Å². The van der Waals surface area contributed by atoms with Crippen LogP contribution in [0.2, 0.25) is 0 Å². The van der Waals surface area contributed by atoms with E-state index in [9.17, 15) is 0 Å². The third-order valence-electron chi connectivity index (χ3n) is 3.03. The molecule has 0 aliphatic rings. The predicted octanol–water partition coefficient (Wildman–Crippen LogP) is 1.92. The largest absolute Gasteiger partial charge is 0.354 e. The Labute approximate surface area is 114 Å². The number of aryl methyl sites for hydroxylation is 1. The van der Waals surface area contributed by atoms with Gasteiger partial charge in [0, 0.05) is 19.4 Å². The molecule has 19 heavy (non-hydrogen) atoms. The Kier molecular flexibility index (Phi) is 4.47. The molecule has 0 aliphatic heterocycles. The topological polar surface area (TPSA) is 55.0 Å². The Hall–Kier alpha value is -1.94. The molecule has 0 fully saturated rings. The lowest BCUT2D eigenvalue weighted by Crippen LogP contribution is -2.19. The quantitative estimate of drug-likeness (QED) is 0.888. The van der Waals surface area contributed by atoms with Crippen molar-refractivity contribution in [2.45, 2.75) is 19.9 Å². The van der Waals surface area contributed by atoms with Gasteiger partial charge >= 0.3 is 0 Å². The number of nitrogens with zero attached hydrogens (tertiary/aromatic N) is 3. The molecule has 2 aromatic rings. The lowest BCUT2D eigenvalue weighted by Gasteiger charge is -2.20. The van der Waals surface area contributed by atoms with Gasteiger partial charge in [0.25, 0.3) is 0 Å². The molecule has 0 radical (unpaired) electrons. The summed E-state index contributed by atoms with van der Waals surface area (Å²) >= 11 is 0. The van der Waals surface area contributed by atoms with Crippen molar-refractivity contribution >= 4 is 5.82 Å². The van der Waals surface area contributed by atoms with Gasteiger partial charge < -0.3 is 10.6 Å². The standard InChI is InChI=1S/C15H20N4/c1-12-9-13(6-7-16)10-18-15(12)19(2)11-14-5-3-4-8-17-14/h3-5,8-10H,6-7,11,16H2,1-2H3. The predicted molar refractivity (Wildman–Crippen MR) is 78.1 cm³/mol. The monoisotopic (exact) mass is 256 g/mol. The molecule has 4 heteroatoms. The van der Waals surface area contributed by atoms with Gasteiger partial charge in [-0.25, -0.2) is 4.98 Å². The molecule has 0 bridgehead atoms. The maximum absolute atomic E-state index is 5.56. The molecule has 100 valence electrons. The average molecular weight is 256 g/mol. The molecule has 0 unspecified atom stereocenters. The summed E-state index contributed by atoms with van der Waals surface area (Å²) in [6, 6.07) is 8.11. The summed E-state index contributed by atoms with van der Waals surface area (Å²) in [7, 11) is 2.03. The fourth-order valence-electron chi connectivity index (χ4n) is 2.14. The molecule has 2 heterocycles. The molecule has 0 saturated heterocycles. The molecule has 0 aliphatic carbocycles. The first-order chi connectivity index (χ1) is 9.20. The van der Waals surface area contributed by atoms with Crippen molar-refractivity contribution in [3.8, 4) is 0 Å². The van der Waals surface area contributed by atoms with Crippen molar-refractivity contribution in [1.82, 2.24) is 9.97 Å². The van der Waals surface area contributed by atoms with Gasteiger partial charge in [-0.2, -0.15) is 0 Å². The van der Waals surface area contributed by atoms with Crippen LogP contribution in [0.4, 0.5) is 5.82 Å². The van der Waals surface area contributed by atoms with E-state index in [0.29, 0.717) is 6.54 Å². The average Bonchev–Trinajstić information content (AvgIpc) is 2.40. The number of hydrogen-bond donors (Lipinski definition) is 1. The highest BCUT2D eigenvalue weighted by molar-refractivity contribution is 5.47. The van der Waals surface area contributed by atoms with E-state index in [4.69, 9.17) is 5.73 Å². The highest BCUT2D eigenvalue weighted by Gasteiger charge is 2.08. The Bertz CT molecular complexity index is 525. The molecule has 0 amide bonds. The minimum atomic E-state index is 0.657. The molecular weight excluding hydrogens is 236 g/mol. The SMILES string of the molecule is Cc1cc(CCN)cnc1N(C)Cc1ccccn1. The van der Waals surface area contributed by atoms with E-state index in [-0.39, 0.29) is 0 Å². The first-order valence-electron chi connectivity index (χ1n) is 6.47. The Morgan fingerprint density at radius 3 is 2.74 bits per heavy atom. The van der Waals surface area contributed by atoms with Gasteiger partial charge in [-0.15, -0.1) is 0 Å². The van der Waals surface area contributed by atoms with Gasteiger partial charge in [0.2, 0.25) is 0 Å². The first kappa shape index (κ1) is 13.5. The third kappa shape index (κ3) is 3.51. The molecule has 0 aromatic carbocycles. The van der Waals surface area contributed by atoms with E-state index in [2.05, 4.69) is 27.9 Å². The van der Waals surface area contributed by atoms with E-state index < -0.39 is 0 Å². The highest BCUT2D eigenvalue weighted by Crippen LogP contribution is 2.18. The number of anilines is 1. The van der Waals surface area contributed by atoms with Gasteiger partial charge in [0.1, 0.15) is 5.82 Å². The van der Waals surface area contributed by atoms with Crippen LogP contribution in [0.5, 0.6) is 0 Å². The zero-order valence-corrected chi connectivity index (χ0v) is 11.5. The van der Waals surface area contributed by atoms with Crippen molar-refractivity contribution in [1.29, 1.82) is 0 Å². The van der Waals surface area contributed by atoms with Gasteiger partial charge in [0.15, 0.2) is 0 Å². The van der Waals surface area contributed by atoms with Crippen LogP contribution < -0.4 is 10.6 Å². The number of hydrogen-bond acceptors (Lipinski definition) is 4. The van der Waals surface area contributed by atoms with Crippen molar-refractivity contribution in [3.05, 3.63) is 53.5 Å². The summed E-state index contributed by atoms with van der Waals surface area (Å²) in [6.45, 7) is 3.49. The van der Waals surface area contributed by atoms with Crippen LogP contribution in [-0.2, 0) is 13.0 Å². The normalized spacial score (nSPS) is 10.5. The van der Waals surface area contributed by atoms with Gasteiger partial charge in [-0.3, -0.25) is 4.98 Å². The Balaban J connectivity index is 2.13. The number of rotatable bonds is 5. The van der Waals surface area contributed by atoms with E-state index in [1.807, 2.05) is 37.6 Å². The summed E-state index contributed by atoms with van der Waals surface area (Å²) in [5.74, 6) is 0.992. The van der Waals surface area contributed by atoms with Gasteiger partial charge in [0.05, 0.1) is 12.2 Å². The second-order valence-corrected chi connectivity index (χ2v) is 4.70.